The van der Waals surface area contributed by atoms with Gasteiger partial charge in [0.25, 0.3) is 0 Å². The van der Waals surface area contributed by atoms with Gasteiger partial charge < -0.3 is 9.84 Å². The van der Waals surface area contributed by atoms with E-state index in [0.29, 0.717) is 0 Å². The summed E-state index contributed by atoms with van der Waals surface area (Å²) in [6, 6.07) is 5.59. The van der Waals surface area contributed by atoms with Crippen LogP contribution in [0.1, 0.15) is 174 Å². The summed E-state index contributed by atoms with van der Waals surface area (Å²) >= 11 is 0. The van der Waals surface area contributed by atoms with Crippen molar-refractivity contribution in [2.24, 2.45) is 4.99 Å². The van der Waals surface area contributed by atoms with Crippen molar-refractivity contribution in [2.75, 3.05) is 13.2 Å². The lowest BCUT2D eigenvalue weighted by atomic mass is 10.0. The summed E-state index contributed by atoms with van der Waals surface area (Å²) in [5, 5.41) is 10.3. The van der Waals surface area contributed by atoms with Gasteiger partial charge in [-0.25, -0.2) is 0 Å². The second kappa shape index (κ2) is 27.1. The highest BCUT2D eigenvalue weighted by Gasteiger charge is 2.02. The quantitative estimate of drug-likeness (QED) is 0.0866. The molecule has 0 heterocycles. The fourth-order valence-corrected chi connectivity index (χ4v) is 5.06. The summed E-state index contributed by atoms with van der Waals surface area (Å²) in [4.78, 5) is 4.53. The zero-order valence-corrected chi connectivity index (χ0v) is 25.5. The Bertz CT molecular complexity index is 657. The van der Waals surface area contributed by atoms with Crippen molar-refractivity contribution in [1.82, 2.24) is 0 Å². The van der Waals surface area contributed by atoms with Crippen LogP contribution in [0.25, 0.3) is 0 Å². The van der Waals surface area contributed by atoms with Crippen molar-refractivity contribution in [3.63, 3.8) is 0 Å². The van der Waals surface area contributed by atoms with E-state index in [9.17, 15) is 5.11 Å². The lowest BCUT2D eigenvalue weighted by Gasteiger charge is -2.08. The number of unbranched alkanes of at least 4 members (excludes halogenated alkanes) is 22. The molecule has 0 atom stereocenters. The minimum atomic E-state index is 0.260. The Morgan fingerprint density at radius 1 is 0.579 bits per heavy atom. The summed E-state index contributed by atoms with van der Waals surface area (Å²) in [7, 11) is 0. The molecule has 0 bridgehead atoms. The second-order valence-corrected chi connectivity index (χ2v) is 11.4. The first-order valence-electron chi connectivity index (χ1n) is 16.7. The van der Waals surface area contributed by atoms with E-state index in [0.717, 1.165) is 37.3 Å². The molecule has 0 aromatic heterocycles. The first-order valence-corrected chi connectivity index (χ1v) is 16.7. The third kappa shape index (κ3) is 21.4. The Kier molecular flexibility index (Phi) is 24.6. The van der Waals surface area contributed by atoms with Gasteiger partial charge in [0.15, 0.2) is 0 Å². The average molecular weight is 530 g/mol. The summed E-state index contributed by atoms with van der Waals surface area (Å²) in [5.74, 6) is 1.01. The highest BCUT2D eigenvalue weighted by atomic mass is 16.5. The molecule has 1 aromatic carbocycles. The van der Waals surface area contributed by atoms with E-state index in [1.807, 2.05) is 18.3 Å². The van der Waals surface area contributed by atoms with Crippen LogP contribution < -0.4 is 4.74 Å². The summed E-state index contributed by atoms with van der Waals surface area (Å²) < 4.78 is 5.84. The van der Waals surface area contributed by atoms with Crippen LogP contribution in [0.4, 0.5) is 0 Å². The van der Waals surface area contributed by atoms with Gasteiger partial charge in [-0.05, 0) is 25.0 Å². The molecular formula is C35H63NO2. The van der Waals surface area contributed by atoms with Crippen molar-refractivity contribution in [2.45, 2.75) is 168 Å². The standard InChI is InChI=1S/C35H63NO2/c1-3-5-7-9-11-13-15-16-17-18-19-21-23-25-29-36-32-33-27-28-34(31-35(33)37)38-30-26-24-22-20-14-12-10-8-6-4-2/h27-28,31-32,37H,3-26,29-30H2,1-2H3. The van der Waals surface area contributed by atoms with E-state index >= 15 is 0 Å². The molecule has 0 spiro atoms. The summed E-state index contributed by atoms with van der Waals surface area (Å²) in [6.45, 7) is 6.12. The number of nitrogens with zero attached hydrogens (tertiary/aromatic N) is 1. The van der Waals surface area contributed by atoms with Crippen LogP contribution in [0, 0.1) is 0 Å². The van der Waals surface area contributed by atoms with Crippen LogP contribution in [-0.4, -0.2) is 24.5 Å². The Balaban J connectivity index is 1.96. The molecule has 0 saturated carbocycles. The van der Waals surface area contributed by atoms with Crippen LogP contribution in [0.2, 0.25) is 0 Å². The Labute approximate surface area is 237 Å². The molecule has 1 rings (SSSR count). The molecule has 38 heavy (non-hydrogen) atoms. The highest BCUT2D eigenvalue weighted by Crippen LogP contribution is 2.23. The number of aromatic hydroxyl groups is 1. The van der Waals surface area contributed by atoms with Gasteiger partial charge in [-0.15, -0.1) is 0 Å². The number of phenols is 1. The lowest BCUT2D eigenvalue weighted by Crippen LogP contribution is -1.97. The van der Waals surface area contributed by atoms with Gasteiger partial charge >= 0.3 is 0 Å². The highest BCUT2D eigenvalue weighted by molar-refractivity contribution is 5.83. The van der Waals surface area contributed by atoms with E-state index in [2.05, 4.69) is 18.8 Å². The van der Waals surface area contributed by atoms with Crippen molar-refractivity contribution in [1.29, 1.82) is 0 Å². The number of ether oxygens (including phenoxy) is 1. The predicted octanol–water partition coefficient (Wildman–Crippen LogP) is 11.6. The molecule has 0 radical (unpaired) electrons. The topological polar surface area (TPSA) is 41.8 Å². The third-order valence-electron chi connectivity index (χ3n) is 7.64. The fourth-order valence-electron chi connectivity index (χ4n) is 5.06. The number of benzene rings is 1. The van der Waals surface area contributed by atoms with E-state index in [1.54, 1.807) is 6.07 Å². The summed E-state index contributed by atoms with van der Waals surface area (Å²) in [5.41, 5.74) is 0.779. The van der Waals surface area contributed by atoms with Gasteiger partial charge in [-0.2, -0.15) is 0 Å². The van der Waals surface area contributed by atoms with Gasteiger partial charge in [0.1, 0.15) is 11.5 Å². The van der Waals surface area contributed by atoms with Crippen LogP contribution in [0.3, 0.4) is 0 Å². The lowest BCUT2D eigenvalue weighted by molar-refractivity contribution is 0.302. The van der Waals surface area contributed by atoms with Gasteiger partial charge in [0.05, 0.1) is 6.61 Å². The normalized spacial score (nSPS) is 11.5. The molecule has 1 N–H and O–H groups in total. The van der Waals surface area contributed by atoms with Gasteiger partial charge in [-0.3, -0.25) is 4.99 Å². The molecule has 0 amide bonds. The number of hydrogen-bond donors (Lipinski definition) is 1. The molecule has 0 unspecified atom stereocenters. The maximum Gasteiger partial charge on any atom is 0.128 e. The van der Waals surface area contributed by atoms with E-state index in [1.165, 1.54) is 141 Å². The zero-order valence-electron chi connectivity index (χ0n) is 25.5. The van der Waals surface area contributed by atoms with E-state index < -0.39 is 0 Å². The fraction of sp³-hybridized carbons (Fsp3) is 0.800. The van der Waals surface area contributed by atoms with Gasteiger partial charge in [0.2, 0.25) is 0 Å². The number of hydrogen-bond acceptors (Lipinski definition) is 3. The minimum Gasteiger partial charge on any atom is -0.507 e. The van der Waals surface area contributed by atoms with Crippen molar-refractivity contribution in [3.8, 4) is 11.5 Å². The van der Waals surface area contributed by atoms with Crippen molar-refractivity contribution in [3.05, 3.63) is 23.8 Å². The van der Waals surface area contributed by atoms with Crippen molar-refractivity contribution < 1.29 is 9.84 Å². The predicted molar refractivity (Wildman–Crippen MR) is 168 cm³/mol. The van der Waals surface area contributed by atoms with Gasteiger partial charge in [-0.1, -0.05) is 155 Å². The smallest absolute Gasteiger partial charge is 0.128 e. The maximum absolute atomic E-state index is 10.3. The Morgan fingerprint density at radius 2 is 1.00 bits per heavy atom. The zero-order chi connectivity index (χ0) is 27.4. The molecule has 0 aliphatic carbocycles. The summed E-state index contributed by atoms with van der Waals surface area (Å²) in [6.07, 6.45) is 34.3. The average Bonchev–Trinajstić information content (AvgIpc) is 2.92. The number of aliphatic imine (C=N–C) groups is 1. The molecule has 0 aliphatic rings. The monoisotopic (exact) mass is 529 g/mol. The van der Waals surface area contributed by atoms with Crippen LogP contribution in [-0.2, 0) is 0 Å². The third-order valence-corrected chi connectivity index (χ3v) is 7.64. The molecule has 3 heteroatoms. The number of rotatable bonds is 28. The Hall–Kier alpha value is -1.51. The van der Waals surface area contributed by atoms with Crippen LogP contribution in [0.15, 0.2) is 23.2 Å². The Morgan fingerprint density at radius 3 is 1.45 bits per heavy atom. The second-order valence-electron chi connectivity index (χ2n) is 11.4. The molecule has 220 valence electrons. The van der Waals surface area contributed by atoms with Crippen molar-refractivity contribution >= 4 is 6.21 Å². The first-order chi connectivity index (χ1) is 18.8. The molecular weight excluding hydrogens is 466 g/mol. The van der Waals surface area contributed by atoms with Crippen LogP contribution >= 0.6 is 0 Å². The molecule has 0 fully saturated rings. The molecule has 1 aromatic rings. The SMILES string of the molecule is CCCCCCCCCCCCCCCCN=Cc1ccc(OCCCCCCCCCCCC)cc1O. The van der Waals surface area contributed by atoms with Gasteiger partial charge in [0, 0.05) is 24.4 Å². The largest absolute Gasteiger partial charge is 0.507 e. The van der Waals surface area contributed by atoms with Crippen LogP contribution in [0.5, 0.6) is 11.5 Å². The first kappa shape index (κ1) is 34.5. The molecule has 3 nitrogen and oxygen atoms in total. The molecule has 0 saturated heterocycles. The minimum absolute atomic E-state index is 0.260. The molecule has 0 aliphatic heterocycles. The maximum atomic E-state index is 10.3. The van der Waals surface area contributed by atoms with E-state index in [-0.39, 0.29) is 5.75 Å². The number of phenolic OH excluding ortho intramolecular Hbond substituents is 1. The van der Waals surface area contributed by atoms with E-state index in [4.69, 9.17) is 4.74 Å².